The lowest BCUT2D eigenvalue weighted by atomic mass is 9.95. The molecule has 0 aliphatic carbocycles. The number of carbonyl (C=O) groups is 1. The second kappa shape index (κ2) is 10.3. The van der Waals surface area contributed by atoms with Gasteiger partial charge >= 0.3 is 6.18 Å². The van der Waals surface area contributed by atoms with Gasteiger partial charge in [-0.1, -0.05) is 44.5 Å². The minimum Gasteiger partial charge on any atom is -0.352 e. The Hall–Kier alpha value is -2.68. The summed E-state index contributed by atoms with van der Waals surface area (Å²) >= 11 is 1.05. The van der Waals surface area contributed by atoms with Crippen LogP contribution in [0.25, 0.3) is 10.2 Å². The number of amides is 1. The van der Waals surface area contributed by atoms with Gasteiger partial charge in [0.1, 0.15) is 17.0 Å². The molecule has 0 spiro atoms. The lowest BCUT2D eigenvalue weighted by molar-refractivity contribution is -0.130. The van der Waals surface area contributed by atoms with Gasteiger partial charge in [0.2, 0.25) is 5.91 Å². The lowest BCUT2D eigenvalue weighted by Gasteiger charge is -2.35. The summed E-state index contributed by atoms with van der Waals surface area (Å²) in [5.74, 6) is 1.24. The van der Waals surface area contributed by atoms with E-state index in [1.54, 1.807) is 6.07 Å². The number of alkyl halides is 3. The Morgan fingerprint density at radius 3 is 2.47 bits per heavy atom. The van der Waals surface area contributed by atoms with E-state index in [9.17, 15) is 18.0 Å². The molecule has 1 amide bonds. The number of halogens is 3. The molecule has 182 valence electrons. The van der Waals surface area contributed by atoms with Gasteiger partial charge < -0.3 is 9.80 Å². The average molecular weight is 491 g/mol. The maximum atomic E-state index is 12.9. The number of thiophene rings is 1. The van der Waals surface area contributed by atoms with Gasteiger partial charge in [0.15, 0.2) is 0 Å². The van der Waals surface area contributed by atoms with Crippen molar-refractivity contribution in [3.8, 4) is 0 Å². The summed E-state index contributed by atoms with van der Waals surface area (Å²) < 4.78 is 38.4. The van der Waals surface area contributed by atoms with Crippen molar-refractivity contribution in [1.82, 2.24) is 14.9 Å². The number of piperazine rings is 1. The van der Waals surface area contributed by atoms with E-state index in [1.807, 2.05) is 21.9 Å². The highest BCUT2D eigenvalue weighted by Crippen LogP contribution is 2.34. The number of rotatable bonds is 7. The third kappa shape index (κ3) is 5.87. The van der Waals surface area contributed by atoms with Crippen molar-refractivity contribution in [2.24, 2.45) is 0 Å². The molecule has 1 saturated heterocycles. The van der Waals surface area contributed by atoms with Gasteiger partial charge in [-0.15, -0.1) is 11.3 Å². The molecule has 3 aromatic rings. The molecule has 1 aliphatic heterocycles. The van der Waals surface area contributed by atoms with Crippen molar-refractivity contribution in [2.45, 2.75) is 51.6 Å². The molecule has 1 unspecified atom stereocenters. The molecule has 1 aromatic carbocycles. The van der Waals surface area contributed by atoms with Crippen molar-refractivity contribution >= 4 is 33.3 Å². The van der Waals surface area contributed by atoms with Crippen LogP contribution < -0.4 is 4.90 Å². The third-order valence-corrected chi connectivity index (χ3v) is 7.33. The minimum atomic E-state index is -4.26. The summed E-state index contributed by atoms with van der Waals surface area (Å²) in [4.78, 5) is 26.0. The highest BCUT2D eigenvalue weighted by Gasteiger charge is 2.30. The Morgan fingerprint density at radius 2 is 1.82 bits per heavy atom. The van der Waals surface area contributed by atoms with Gasteiger partial charge in [-0.2, -0.15) is 13.2 Å². The van der Waals surface area contributed by atoms with Crippen molar-refractivity contribution in [3.05, 3.63) is 52.7 Å². The topological polar surface area (TPSA) is 49.3 Å². The highest BCUT2D eigenvalue weighted by atomic mass is 32.1. The number of anilines is 1. The Balaban J connectivity index is 1.37. The third-order valence-electron chi connectivity index (χ3n) is 6.29. The molecule has 1 fully saturated rings. The quantitative estimate of drug-likeness (QED) is 0.433. The van der Waals surface area contributed by atoms with Crippen LogP contribution >= 0.6 is 11.3 Å². The first-order valence-electron chi connectivity index (χ1n) is 11.6. The van der Waals surface area contributed by atoms with Crippen molar-refractivity contribution < 1.29 is 18.0 Å². The van der Waals surface area contributed by atoms with Crippen LogP contribution in [-0.4, -0.2) is 53.1 Å². The maximum absolute atomic E-state index is 12.9. The molecular formula is C25H29F3N4OS. The molecule has 2 aromatic heterocycles. The van der Waals surface area contributed by atoms with Crippen LogP contribution in [-0.2, 0) is 17.6 Å². The molecular weight excluding hydrogens is 461 g/mol. The number of fused-ring (bicyclic) bond motifs is 1. The molecule has 0 bridgehead atoms. The van der Waals surface area contributed by atoms with Crippen LogP contribution in [0.4, 0.5) is 19.0 Å². The van der Waals surface area contributed by atoms with E-state index in [0.717, 1.165) is 29.7 Å². The van der Waals surface area contributed by atoms with E-state index in [0.29, 0.717) is 54.6 Å². The predicted octanol–water partition coefficient (Wildman–Crippen LogP) is 5.59. The second-order valence-corrected chi connectivity index (χ2v) is 10.0. The smallest absolute Gasteiger partial charge is 0.352 e. The molecule has 0 radical (unpaired) electrons. The van der Waals surface area contributed by atoms with Crippen LogP contribution in [0.5, 0.6) is 0 Å². The van der Waals surface area contributed by atoms with Crippen molar-refractivity contribution in [3.63, 3.8) is 0 Å². The first-order chi connectivity index (χ1) is 16.2. The van der Waals surface area contributed by atoms with Crippen LogP contribution in [0, 0.1) is 0 Å². The van der Waals surface area contributed by atoms with E-state index in [2.05, 4.69) is 35.9 Å². The number of hydrogen-bond donors (Lipinski definition) is 0. The summed E-state index contributed by atoms with van der Waals surface area (Å²) in [6.07, 6.45) is -1.16. The van der Waals surface area contributed by atoms with E-state index >= 15 is 0 Å². The number of carbonyl (C=O) groups excluding carboxylic acids is 1. The van der Waals surface area contributed by atoms with Gasteiger partial charge in [0.05, 0.1) is 18.2 Å². The van der Waals surface area contributed by atoms with Gasteiger partial charge in [0.25, 0.3) is 0 Å². The molecule has 1 atom stereocenters. The molecule has 9 heteroatoms. The molecule has 0 saturated carbocycles. The number of benzene rings is 1. The van der Waals surface area contributed by atoms with Gasteiger partial charge in [-0.3, -0.25) is 4.79 Å². The Labute approximate surface area is 201 Å². The van der Waals surface area contributed by atoms with Crippen LogP contribution in [0.1, 0.15) is 48.6 Å². The maximum Gasteiger partial charge on any atom is 0.393 e. The van der Waals surface area contributed by atoms with Crippen LogP contribution in [0.3, 0.4) is 0 Å². The van der Waals surface area contributed by atoms with Crippen LogP contribution in [0.2, 0.25) is 0 Å². The van der Waals surface area contributed by atoms with E-state index in [-0.39, 0.29) is 10.8 Å². The normalized spacial score (nSPS) is 15.7. The SMILES string of the molecule is CCCC(C)c1ccc(CC(=O)N2CCN(c3ncnc4sc(CC(F)(F)F)cc34)CC2)cc1. The van der Waals surface area contributed by atoms with Crippen LogP contribution in [0.15, 0.2) is 36.7 Å². The summed E-state index contributed by atoms with van der Waals surface area (Å²) in [6.45, 7) is 6.67. The first kappa shape index (κ1) is 24.4. The Kier molecular flexibility index (Phi) is 7.40. The highest BCUT2D eigenvalue weighted by molar-refractivity contribution is 7.18. The molecule has 34 heavy (non-hydrogen) atoms. The molecule has 0 N–H and O–H groups in total. The summed E-state index contributed by atoms with van der Waals surface area (Å²) in [6, 6.07) is 9.88. The standard InChI is InChI=1S/C25H29F3N4OS/c1-3-4-17(2)19-7-5-18(6-8-19)13-22(33)31-9-11-32(12-10-31)23-21-14-20(15-25(26,27)28)34-24(21)30-16-29-23/h5-8,14,16-17H,3-4,9-13,15H2,1-2H3. The van der Waals surface area contributed by atoms with E-state index in [4.69, 9.17) is 0 Å². The van der Waals surface area contributed by atoms with Gasteiger partial charge in [-0.05, 0) is 29.5 Å². The Bertz CT molecular complexity index is 1120. The zero-order chi connectivity index (χ0) is 24.3. The monoisotopic (exact) mass is 490 g/mol. The molecule has 4 rings (SSSR count). The molecule has 5 nitrogen and oxygen atoms in total. The second-order valence-electron chi connectivity index (χ2n) is 8.90. The fourth-order valence-electron chi connectivity index (χ4n) is 4.45. The zero-order valence-electron chi connectivity index (χ0n) is 19.4. The largest absolute Gasteiger partial charge is 0.393 e. The van der Waals surface area contributed by atoms with Gasteiger partial charge in [0, 0.05) is 31.1 Å². The predicted molar refractivity (Wildman–Crippen MR) is 129 cm³/mol. The molecule has 3 heterocycles. The zero-order valence-corrected chi connectivity index (χ0v) is 20.3. The van der Waals surface area contributed by atoms with Crippen molar-refractivity contribution in [1.29, 1.82) is 0 Å². The number of hydrogen-bond acceptors (Lipinski definition) is 5. The minimum absolute atomic E-state index is 0.0878. The van der Waals surface area contributed by atoms with Crippen molar-refractivity contribution in [2.75, 3.05) is 31.1 Å². The number of aromatic nitrogens is 2. The Morgan fingerprint density at radius 1 is 1.12 bits per heavy atom. The summed E-state index contributed by atoms with van der Waals surface area (Å²) in [5, 5.41) is 0.643. The van der Waals surface area contributed by atoms with E-state index < -0.39 is 12.6 Å². The van der Waals surface area contributed by atoms with Gasteiger partial charge in [-0.25, -0.2) is 9.97 Å². The average Bonchev–Trinajstić information content (AvgIpc) is 3.20. The first-order valence-corrected chi connectivity index (χ1v) is 12.5. The number of nitrogens with zero attached hydrogens (tertiary/aromatic N) is 4. The lowest BCUT2D eigenvalue weighted by Crippen LogP contribution is -2.49. The van der Waals surface area contributed by atoms with E-state index in [1.165, 1.54) is 11.9 Å². The summed E-state index contributed by atoms with van der Waals surface area (Å²) in [7, 11) is 0. The fraction of sp³-hybridized carbons (Fsp3) is 0.480. The summed E-state index contributed by atoms with van der Waals surface area (Å²) in [5.41, 5.74) is 2.31. The molecule has 1 aliphatic rings. The fourth-order valence-corrected chi connectivity index (χ4v) is 5.47.